The van der Waals surface area contributed by atoms with Gasteiger partial charge in [0.25, 0.3) is 0 Å². The molecule has 0 radical (unpaired) electrons. The Morgan fingerprint density at radius 1 is 1.25 bits per heavy atom. The molecule has 1 aromatic carbocycles. The van der Waals surface area contributed by atoms with Crippen LogP contribution < -0.4 is 15.4 Å². The van der Waals surface area contributed by atoms with Gasteiger partial charge in [0.15, 0.2) is 12.6 Å². The maximum atomic E-state index is 12.3. The average Bonchev–Trinajstić information content (AvgIpc) is 2.66. The molecule has 0 unspecified atom stereocenters. The Morgan fingerprint density at radius 2 is 2.00 bits per heavy atom. The molecule has 0 atom stereocenters. The molecule has 158 valence electrons. The van der Waals surface area contributed by atoms with E-state index in [1.54, 1.807) is 12.1 Å². The molecule has 2 rings (SSSR count). The monoisotopic (exact) mass is 400 g/mol. The third-order valence-corrected chi connectivity index (χ3v) is 4.53. The summed E-state index contributed by atoms with van der Waals surface area (Å²) in [7, 11) is 0. The number of aliphatic imine (C=N–C) groups is 1. The van der Waals surface area contributed by atoms with Gasteiger partial charge in [-0.15, -0.1) is 0 Å². The van der Waals surface area contributed by atoms with Crippen molar-refractivity contribution in [2.75, 3.05) is 32.8 Å². The minimum Gasteiger partial charge on any atom is -0.484 e. The molecular formula is C20H31F3N4O. The normalized spacial score (nSPS) is 16.8. The minimum absolute atomic E-state index is 0.200. The van der Waals surface area contributed by atoms with Crippen LogP contribution in [0.2, 0.25) is 0 Å². The predicted octanol–water partition coefficient (Wildman–Crippen LogP) is 3.56. The largest absolute Gasteiger partial charge is 0.484 e. The molecule has 0 amide bonds. The van der Waals surface area contributed by atoms with Crippen LogP contribution in [0.4, 0.5) is 13.2 Å². The zero-order valence-electron chi connectivity index (χ0n) is 16.7. The summed E-state index contributed by atoms with van der Waals surface area (Å²) in [6.45, 7) is 7.35. The van der Waals surface area contributed by atoms with Crippen LogP contribution in [-0.4, -0.2) is 55.9 Å². The van der Waals surface area contributed by atoms with Crippen LogP contribution in [0.5, 0.6) is 5.75 Å². The van der Waals surface area contributed by atoms with E-state index in [0.29, 0.717) is 12.6 Å². The van der Waals surface area contributed by atoms with Crippen molar-refractivity contribution in [3.8, 4) is 5.75 Å². The Morgan fingerprint density at radius 3 is 2.64 bits per heavy atom. The summed E-state index contributed by atoms with van der Waals surface area (Å²) in [6.07, 6.45) is -1.02. The number of rotatable bonds is 8. The lowest BCUT2D eigenvalue weighted by Gasteiger charge is -2.32. The van der Waals surface area contributed by atoms with Gasteiger partial charge in [-0.05, 0) is 50.4 Å². The maximum absolute atomic E-state index is 12.3. The maximum Gasteiger partial charge on any atom is 0.422 e. The molecule has 0 aromatic heterocycles. The number of hydrogen-bond acceptors (Lipinski definition) is 3. The minimum atomic E-state index is -4.34. The van der Waals surface area contributed by atoms with E-state index in [1.807, 2.05) is 13.0 Å². The van der Waals surface area contributed by atoms with E-state index in [4.69, 9.17) is 4.74 Å². The van der Waals surface area contributed by atoms with Gasteiger partial charge in [0.1, 0.15) is 5.75 Å². The summed E-state index contributed by atoms with van der Waals surface area (Å²) in [4.78, 5) is 7.07. The molecule has 0 bridgehead atoms. The first kappa shape index (κ1) is 22.3. The molecule has 1 saturated heterocycles. The topological polar surface area (TPSA) is 48.9 Å². The van der Waals surface area contributed by atoms with Crippen molar-refractivity contribution < 1.29 is 17.9 Å². The van der Waals surface area contributed by atoms with Gasteiger partial charge in [-0.25, -0.2) is 4.99 Å². The quantitative estimate of drug-likeness (QED) is 0.518. The van der Waals surface area contributed by atoms with Gasteiger partial charge >= 0.3 is 6.18 Å². The average molecular weight is 400 g/mol. The lowest BCUT2D eigenvalue weighted by molar-refractivity contribution is -0.153. The lowest BCUT2D eigenvalue weighted by atomic mass is 10.1. The summed E-state index contributed by atoms with van der Waals surface area (Å²) in [5.74, 6) is 0.935. The van der Waals surface area contributed by atoms with Crippen LogP contribution in [0, 0.1) is 0 Å². The van der Waals surface area contributed by atoms with Crippen molar-refractivity contribution in [3.63, 3.8) is 0 Å². The number of ether oxygens (including phenoxy) is 1. The second-order valence-corrected chi connectivity index (χ2v) is 7.01. The van der Waals surface area contributed by atoms with Crippen molar-refractivity contribution in [1.82, 2.24) is 15.5 Å². The standard InChI is InChI=1S/C20H31F3N4O/c1-3-10-27-11-8-17(9-12-27)26-19(24-4-2)25-14-16-6-5-7-18(13-16)28-15-20(21,22)23/h5-7,13,17H,3-4,8-12,14-15H2,1-2H3,(H2,24,25,26). The Balaban J connectivity index is 1.90. The summed E-state index contributed by atoms with van der Waals surface area (Å²) >= 11 is 0. The van der Waals surface area contributed by atoms with Gasteiger partial charge in [0, 0.05) is 25.7 Å². The fraction of sp³-hybridized carbons (Fsp3) is 0.650. The van der Waals surface area contributed by atoms with E-state index in [2.05, 4.69) is 27.4 Å². The van der Waals surface area contributed by atoms with E-state index in [1.165, 1.54) is 12.5 Å². The van der Waals surface area contributed by atoms with Crippen LogP contribution in [-0.2, 0) is 6.54 Å². The zero-order chi connectivity index (χ0) is 20.4. The molecule has 0 saturated carbocycles. The van der Waals surface area contributed by atoms with Gasteiger partial charge < -0.3 is 20.3 Å². The second-order valence-electron chi connectivity index (χ2n) is 7.01. The van der Waals surface area contributed by atoms with Crippen LogP contribution in [0.25, 0.3) is 0 Å². The van der Waals surface area contributed by atoms with Crippen LogP contribution in [0.3, 0.4) is 0 Å². The number of benzene rings is 1. The van der Waals surface area contributed by atoms with E-state index in [-0.39, 0.29) is 5.75 Å². The highest BCUT2D eigenvalue weighted by atomic mass is 19.4. The summed E-state index contributed by atoms with van der Waals surface area (Å²) < 4.78 is 41.7. The third-order valence-electron chi connectivity index (χ3n) is 4.53. The summed E-state index contributed by atoms with van der Waals surface area (Å²) in [5, 5.41) is 6.72. The van der Waals surface area contributed by atoms with Crippen LogP contribution in [0.15, 0.2) is 29.3 Å². The number of hydrogen-bond donors (Lipinski definition) is 2. The smallest absolute Gasteiger partial charge is 0.422 e. The van der Waals surface area contributed by atoms with E-state index in [9.17, 15) is 13.2 Å². The van der Waals surface area contributed by atoms with Gasteiger partial charge in [0.2, 0.25) is 0 Å². The van der Waals surface area contributed by atoms with Crippen molar-refractivity contribution in [2.45, 2.75) is 51.9 Å². The Bertz CT molecular complexity index is 614. The number of halogens is 3. The zero-order valence-corrected chi connectivity index (χ0v) is 16.7. The molecule has 1 aliphatic heterocycles. The summed E-state index contributed by atoms with van der Waals surface area (Å²) in [5.41, 5.74) is 0.801. The second kappa shape index (κ2) is 11.1. The number of nitrogens with zero attached hydrogens (tertiary/aromatic N) is 2. The van der Waals surface area contributed by atoms with Crippen molar-refractivity contribution in [1.29, 1.82) is 0 Å². The highest BCUT2D eigenvalue weighted by Gasteiger charge is 2.28. The molecule has 1 heterocycles. The number of likely N-dealkylation sites (tertiary alicyclic amines) is 1. The van der Waals surface area contributed by atoms with Crippen molar-refractivity contribution >= 4 is 5.96 Å². The Kier molecular flexibility index (Phi) is 8.89. The van der Waals surface area contributed by atoms with E-state index >= 15 is 0 Å². The molecule has 5 nitrogen and oxygen atoms in total. The van der Waals surface area contributed by atoms with Gasteiger partial charge in [-0.3, -0.25) is 0 Å². The molecule has 0 aliphatic carbocycles. The third kappa shape index (κ3) is 8.37. The highest BCUT2D eigenvalue weighted by molar-refractivity contribution is 5.80. The number of alkyl halides is 3. The number of piperidine rings is 1. The first-order valence-electron chi connectivity index (χ1n) is 9.95. The van der Waals surface area contributed by atoms with E-state index in [0.717, 1.165) is 50.5 Å². The van der Waals surface area contributed by atoms with Gasteiger partial charge in [-0.2, -0.15) is 13.2 Å². The molecule has 2 N–H and O–H groups in total. The fourth-order valence-electron chi connectivity index (χ4n) is 3.20. The van der Waals surface area contributed by atoms with Crippen LogP contribution in [0.1, 0.15) is 38.7 Å². The molecule has 0 spiro atoms. The number of nitrogens with one attached hydrogen (secondary N) is 2. The summed E-state index contributed by atoms with van der Waals surface area (Å²) in [6, 6.07) is 7.01. The molecule has 1 aromatic rings. The van der Waals surface area contributed by atoms with E-state index < -0.39 is 12.8 Å². The Hall–Kier alpha value is -1.96. The predicted molar refractivity (Wildman–Crippen MR) is 106 cm³/mol. The lowest BCUT2D eigenvalue weighted by Crippen LogP contribution is -2.48. The van der Waals surface area contributed by atoms with Crippen molar-refractivity contribution in [3.05, 3.63) is 29.8 Å². The van der Waals surface area contributed by atoms with Crippen molar-refractivity contribution in [2.24, 2.45) is 4.99 Å². The Labute approximate surface area is 165 Å². The highest BCUT2D eigenvalue weighted by Crippen LogP contribution is 2.19. The fourth-order valence-corrected chi connectivity index (χ4v) is 3.20. The van der Waals surface area contributed by atoms with Crippen LogP contribution >= 0.6 is 0 Å². The molecular weight excluding hydrogens is 369 g/mol. The first-order chi connectivity index (χ1) is 13.4. The first-order valence-corrected chi connectivity index (χ1v) is 9.95. The van der Waals surface area contributed by atoms with Gasteiger partial charge in [0.05, 0.1) is 6.54 Å². The van der Waals surface area contributed by atoms with Gasteiger partial charge in [-0.1, -0.05) is 19.1 Å². The molecule has 1 fully saturated rings. The molecule has 8 heteroatoms. The molecule has 28 heavy (non-hydrogen) atoms. The molecule has 1 aliphatic rings. The SMILES string of the molecule is CCCN1CCC(NC(=NCc2cccc(OCC(F)(F)F)c2)NCC)CC1. The number of guanidine groups is 1.